The summed E-state index contributed by atoms with van der Waals surface area (Å²) in [6.07, 6.45) is 0. The van der Waals surface area contributed by atoms with Crippen LogP contribution < -0.4 is 10.2 Å². The summed E-state index contributed by atoms with van der Waals surface area (Å²) in [7, 11) is 1.69. The first-order chi connectivity index (χ1) is 20.7. The van der Waals surface area contributed by atoms with E-state index in [-0.39, 0.29) is 17.3 Å². The van der Waals surface area contributed by atoms with Gasteiger partial charge in [-0.05, 0) is 39.9 Å². The zero-order valence-corrected chi connectivity index (χ0v) is 23.6. The van der Waals surface area contributed by atoms with Crippen LogP contribution >= 0.6 is 0 Å². The van der Waals surface area contributed by atoms with Gasteiger partial charge in [-0.1, -0.05) is 152 Å². The highest BCUT2D eigenvalue weighted by Crippen LogP contribution is 2.40. The minimum atomic E-state index is -0.273. The standard InChI is InChI=1S/C40H32O2/c1-42-37-28-34(29-17-7-2-8-18-29)40(41)36(39(32-23-13-5-14-24-32)33-25-15-6-16-26-33)27-35(37)38(30-19-9-3-10-20-30)31-21-11-4-12-22-31/h2-28,38-39H,1H3. The van der Waals surface area contributed by atoms with Crippen LogP contribution in [0.25, 0.3) is 11.1 Å². The van der Waals surface area contributed by atoms with Crippen molar-refractivity contribution >= 4 is 0 Å². The normalized spacial score (nSPS) is 11.0. The van der Waals surface area contributed by atoms with Crippen LogP contribution in [0, 0.1) is 0 Å². The zero-order chi connectivity index (χ0) is 28.7. The van der Waals surface area contributed by atoms with E-state index in [1.54, 1.807) is 7.11 Å². The fourth-order valence-electron chi connectivity index (χ4n) is 5.87. The smallest absolute Gasteiger partial charge is 0.190 e. The summed E-state index contributed by atoms with van der Waals surface area (Å²) in [5.41, 5.74) is 7.50. The molecule has 0 unspecified atom stereocenters. The van der Waals surface area contributed by atoms with E-state index in [0.29, 0.717) is 16.9 Å². The molecule has 2 nitrogen and oxygen atoms in total. The van der Waals surface area contributed by atoms with Crippen LogP contribution in [0.2, 0.25) is 0 Å². The van der Waals surface area contributed by atoms with Crippen molar-refractivity contribution < 1.29 is 4.74 Å². The van der Waals surface area contributed by atoms with Crippen LogP contribution in [-0.4, -0.2) is 7.11 Å². The Morgan fingerprint density at radius 2 is 0.810 bits per heavy atom. The molecule has 0 N–H and O–H groups in total. The molecular formula is C40H32O2. The van der Waals surface area contributed by atoms with Crippen LogP contribution in [0.3, 0.4) is 0 Å². The first kappa shape index (κ1) is 27.0. The van der Waals surface area contributed by atoms with Crippen LogP contribution in [0.1, 0.15) is 45.2 Å². The molecule has 2 heteroatoms. The Morgan fingerprint density at radius 3 is 1.19 bits per heavy atom. The molecule has 0 spiro atoms. The molecule has 0 fully saturated rings. The van der Waals surface area contributed by atoms with Gasteiger partial charge >= 0.3 is 0 Å². The van der Waals surface area contributed by atoms with Crippen LogP contribution in [0.4, 0.5) is 0 Å². The van der Waals surface area contributed by atoms with Crippen molar-refractivity contribution in [2.45, 2.75) is 11.8 Å². The first-order valence-electron chi connectivity index (χ1n) is 14.3. The lowest BCUT2D eigenvalue weighted by atomic mass is 9.81. The molecule has 42 heavy (non-hydrogen) atoms. The van der Waals surface area contributed by atoms with Gasteiger partial charge in [-0.3, -0.25) is 4.79 Å². The number of rotatable bonds is 8. The monoisotopic (exact) mass is 544 g/mol. The average molecular weight is 545 g/mol. The molecule has 6 aromatic carbocycles. The maximum Gasteiger partial charge on any atom is 0.190 e. The molecule has 0 amide bonds. The molecule has 204 valence electrons. The summed E-state index contributed by atoms with van der Waals surface area (Å²) in [6.45, 7) is 0. The van der Waals surface area contributed by atoms with Crippen molar-refractivity contribution in [1.82, 2.24) is 0 Å². The van der Waals surface area contributed by atoms with E-state index < -0.39 is 0 Å². The summed E-state index contributed by atoms with van der Waals surface area (Å²) in [5, 5.41) is 0. The topological polar surface area (TPSA) is 26.3 Å². The highest BCUT2D eigenvalue weighted by molar-refractivity contribution is 5.68. The number of hydrogen-bond donors (Lipinski definition) is 0. The Morgan fingerprint density at radius 1 is 0.452 bits per heavy atom. The second-order valence-electron chi connectivity index (χ2n) is 10.4. The van der Waals surface area contributed by atoms with Crippen LogP contribution in [-0.2, 0) is 0 Å². The average Bonchev–Trinajstić information content (AvgIpc) is 3.20. The van der Waals surface area contributed by atoms with Gasteiger partial charge in [0.2, 0.25) is 0 Å². The Bertz CT molecular complexity index is 1720. The van der Waals surface area contributed by atoms with Gasteiger partial charge in [0.05, 0.1) is 7.11 Å². The maximum atomic E-state index is 14.8. The van der Waals surface area contributed by atoms with E-state index >= 15 is 0 Å². The molecule has 0 bridgehead atoms. The van der Waals surface area contributed by atoms with E-state index in [4.69, 9.17) is 4.74 Å². The lowest BCUT2D eigenvalue weighted by Crippen LogP contribution is -2.16. The third-order valence-corrected chi connectivity index (χ3v) is 7.84. The molecule has 6 rings (SSSR count). The maximum absolute atomic E-state index is 14.8. The molecule has 0 aliphatic rings. The van der Waals surface area contributed by atoms with Gasteiger partial charge in [-0.15, -0.1) is 0 Å². The molecule has 0 aliphatic heterocycles. The summed E-state index contributed by atoms with van der Waals surface area (Å²) in [4.78, 5) is 14.8. The summed E-state index contributed by atoms with van der Waals surface area (Å²) in [6, 6.07) is 55.4. The van der Waals surface area contributed by atoms with Crippen molar-refractivity contribution in [3.05, 3.63) is 207 Å². The van der Waals surface area contributed by atoms with Crippen molar-refractivity contribution in [1.29, 1.82) is 0 Å². The third-order valence-electron chi connectivity index (χ3n) is 7.84. The number of hydrogen-bond acceptors (Lipinski definition) is 2. The lowest BCUT2D eigenvalue weighted by molar-refractivity contribution is 0.409. The predicted octanol–water partition coefficient (Wildman–Crippen LogP) is 9.08. The van der Waals surface area contributed by atoms with Gasteiger partial charge in [0.15, 0.2) is 5.43 Å². The molecule has 0 saturated carbocycles. The molecule has 6 aromatic rings. The summed E-state index contributed by atoms with van der Waals surface area (Å²) in [5.74, 6) is 0.254. The van der Waals surface area contributed by atoms with E-state index in [0.717, 1.165) is 33.4 Å². The zero-order valence-electron chi connectivity index (χ0n) is 23.6. The summed E-state index contributed by atoms with van der Waals surface area (Å²) < 4.78 is 6.15. The molecule has 0 atom stereocenters. The predicted molar refractivity (Wildman–Crippen MR) is 172 cm³/mol. The Balaban J connectivity index is 1.74. The molecule has 0 heterocycles. The Hall–Kier alpha value is -5.21. The van der Waals surface area contributed by atoms with E-state index in [2.05, 4.69) is 78.9 Å². The van der Waals surface area contributed by atoms with Gasteiger partial charge in [0, 0.05) is 28.5 Å². The van der Waals surface area contributed by atoms with Gasteiger partial charge in [0.1, 0.15) is 5.75 Å². The highest BCUT2D eigenvalue weighted by Gasteiger charge is 2.27. The SMILES string of the molecule is COc1cc(-c2ccccc2)c(=O)c(C(c2ccccc2)c2ccccc2)cc1C(c1ccccc1)c1ccccc1. The van der Waals surface area contributed by atoms with E-state index in [1.165, 1.54) is 0 Å². The minimum absolute atomic E-state index is 0.0108. The summed E-state index contributed by atoms with van der Waals surface area (Å²) >= 11 is 0. The number of ether oxygens (including phenoxy) is 1. The fourth-order valence-corrected chi connectivity index (χ4v) is 5.87. The number of benzene rings is 5. The van der Waals surface area contributed by atoms with Crippen molar-refractivity contribution in [3.63, 3.8) is 0 Å². The van der Waals surface area contributed by atoms with Crippen molar-refractivity contribution in [2.24, 2.45) is 0 Å². The Kier molecular flexibility index (Phi) is 8.05. The lowest BCUT2D eigenvalue weighted by Gasteiger charge is -2.22. The molecule has 0 aliphatic carbocycles. The number of methoxy groups -OCH3 is 1. The van der Waals surface area contributed by atoms with Gasteiger partial charge in [-0.2, -0.15) is 0 Å². The second kappa shape index (κ2) is 12.5. The quantitative estimate of drug-likeness (QED) is 0.191. The molecule has 0 radical (unpaired) electrons. The first-order valence-corrected chi connectivity index (χ1v) is 14.3. The van der Waals surface area contributed by atoms with Crippen molar-refractivity contribution in [3.8, 4) is 16.9 Å². The molecular weight excluding hydrogens is 512 g/mol. The van der Waals surface area contributed by atoms with Crippen LogP contribution in [0.5, 0.6) is 5.75 Å². The highest BCUT2D eigenvalue weighted by atomic mass is 16.5. The van der Waals surface area contributed by atoms with Gasteiger partial charge < -0.3 is 4.74 Å². The van der Waals surface area contributed by atoms with Gasteiger partial charge in [0.25, 0.3) is 0 Å². The minimum Gasteiger partial charge on any atom is -0.496 e. The Labute approximate surface area is 247 Å². The van der Waals surface area contributed by atoms with Gasteiger partial charge in [-0.25, -0.2) is 0 Å². The fraction of sp³-hybridized carbons (Fsp3) is 0.0750. The van der Waals surface area contributed by atoms with Crippen LogP contribution in [0.15, 0.2) is 169 Å². The molecule has 0 saturated heterocycles. The third kappa shape index (κ3) is 5.53. The molecule has 0 aromatic heterocycles. The largest absolute Gasteiger partial charge is 0.496 e. The van der Waals surface area contributed by atoms with E-state index in [1.807, 2.05) is 84.9 Å². The van der Waals surface area contributed by atoms with Crippen molar-refractivity contribution in [2.75, 3.05) is 7.11 Å². The van der Waals surface area contributed by atoms with E-state index in [9.17, 15) is 4.79 Å². The second-order valence-corrected chi connectivity index (χ2v) is 10.4.